The van der Waals surface area contributed by atoms with Crippen LogP contribution in [0.25, 0.3) is 0 Å². The number of allylic oxidation sites excluding steroid dienone is 2. The van der Waals surface area contributed by atoms with E-state index in [1.807, 2.05) is 6.08 Å². The van der Waals surface area contributed by atoms with Crippen molar-refractivity contribution in [2.24, 2.45) is 0 Å². The zero-order valence-electron chi connectivity index (χ0n) is 4.39. The summed E-state index contributed by atoms with van der Waals surface area (Å²) in [6.45, 7) is 0.0529. The fourth-order valence-corrected chi connectivity index (χ4v) is 0.481. The second kappa shape index (κ2) is 2.34. The van der Waals surface area contributed by atoms with Crippen LogP contribution < -0.4 is 0 Å². The fourth-order valence-electron chi connectivity index (χ4n) is 0.481. The van der Waals surface area contributed by atoms with E-state index >= 15 is 0 Å². The first-order valence-corrected chi connectivity index (χ1v) is 2.41. The van der Waals surface area contributed by atoms with Crippen molar-refractivity contribution in [3.8, 4) is 0 Å². The first-order chi connectivity index (χ1) is 3.93. The molecule has 1 aliphatic carbocycles. The molecule has 8 heavy (non-hydrogen) atoms. The Kier molecular flexibility index (Phi) is 1.51. The summed E-state index contributed by atoms with van der Waals surface area (Å²) in [6.07, 6.45) is 5.37. The first-order valence-electron chi connectivity index (χ1n) is 2.41. The van der Waals surface area contributed by atoms with Gasteiger partial charge in [0.15, 0.2) is 0 Å². The molecular weight excluding hydrogens is 100 g/mol. The van der Waals surface area contributed by atoms with Gasteiger partial charge in [0.05, 0.1) is 6.61 Å². The Bertz CT molecular complexity index is 198. The molecule has 0 heterocycles. The molecule has 0 spiro atoms. The minimum Gasteiger partial charge on any atom is -0.391 e. The van der Waals surface area contributed by atoms with Crippen LogP contribution in [0.1, 0.15) is 0 Å². The van der Waals surface area contributed by atoms with E-state index < -0.39 is 0 Å². The summed E-state index contributed by atoms with van der Waals surface area (Å²) in [5.74, 6) is 0. The molecule has 0 aromatic carbocycles. The Morgan fingerprint density at radius 3 is 2.88 bits per heavy atom. The molecule has 0 saturated heterocycles. The van der Waals surface area contributed by atoms with Gasteiger partial charge in [0.1, 0.15) is 0 Å². The number of aliphatic hydroxyl groups excluding tert-OH is 1. The third kappa shape index (κ3) is 0.988. The molecule has 0 aromatic heterocycles. The van der Waals surface area contributed by atoms with Crippen LogP contribution in [0.4, 0.5) is 0 Å². The quantitative estimate of drug-likeness (QED) is 0.490. The summed E-state index contributed by atoms with van der Waals surface area (Å²) in [5.41, 5.74) is 6.25. The van der Waals surface area contributed by atoms with Crippen molar-refractivity contribution in [1.29, 1.82) is 0 Å². The molecule has 1 aliphatic rings. The van der Waals surface area contributed by atoms with Crippen LogP contribution in [0.2, 0.25) is 0 Å². The predicted molar refractivity (Wildman–Crippen MR) is 31.3 cm³/mol. The monoisotopic (exact) mass is 106 g/mol. The summed E-state index contributed by atoms with van der Waals surface area (Å²) in [6, 6.07) is 0. The van der Waals surface area contributed by atoms with Gasteiger partial charge in [-0.05, 0) is 12.2 Å². The van der Waals surface area contributed by atoms with E-state index in [4.69, 9.17) is 5.11 Å². The molecule has 40 valence electrons. The highest BCUT2D eigenvalue weighted by molar-refractivity contribution is 5.25. The molecule has 1 heteroatoms. The molecule has 0 radical (unpaired) electrons. The molecular formula is C7H6O. The predicted octanol–water partition coefficient (Wildman–Crippen LogP) is 0.785. The first kappa shape index (κ1) is 5.14. The van der Waals surface area contributed by atoms with Gasteiger partial charge < -0.3 is 5.11 Å². The molecule has 0 atom stereocenters. The van der Waals surface area contributed by atoms with E-state index in [0.29, 0.717) is 0 Å². The van der Waals surface area contributed by atoms with E-state index in [9.17, 15) is 0 Å². The lowest BCUT2D eigenvalue weighted by Crippen LogP contribution is -1.83. The van der Waals surface area contributed by atoms with Crippen LogP contribution in [0.3, 0.4) is 0 Å². The maximum atomic E-state index is 8.49. The second-order valence-electron chi connectivity index (χ2n) is 1.48. The maximum absolute atomic E-state index is 8.49. The average Bonchev–Trinajstić information content (AvgIpc) is 1.90. The van der Waals surface area contributed by atoms with E-state index in [2.05, 4.69) is 11.5 Å². The van der Waals surface area contributed by atoms with Crippen molar-refractivity contribution in [3.05, 3.63) is 35.3 Å². The van der Waals surface area contributed by atoms with Gasteiger partial charge in [-0.1, -0.05) is 17.5 Å². The molecule has 0 amide bonds. The Labute approximate surface area is 48.0 Å². The Hall–Kier alpha value is -1.00. The molecule has 0 fully saturated rings. The Morgan fingerprint density at radius 2 is 2.50 bits per heavy atom. The van der Waals surface area contributed by atoms with Crippen LogP contribution in [0.5, 0.6) is 0 Å². The van der Waals surface area contributed by atoms with Gasteiger partial charge in [0.2, 0.25) is 0 Å². The third-order valence-corrected chi connectivity index (χ3v) is 0.880. The molecule has 0 saturated carbocycles. The van der Waals surface area contributed by atoms with Crippen molar-refractivity contribution in [1.82, 2.24) is 0 Å². The van der Waals surface area contributed by atoms with E-state index in [0.717, 1.165) is 5.57 Å². The summed E-state index contributed by atoms with van der Waals surface area (Å²) < 4.78 is 0. The van der Waals surface area contributed by atoms with Crippen molar-refractivity contribution in [3.63, 3.8) is 0 Å². The minimum atomic E-state index is 0.0529. The van der Waals surface area contributed by atoms with Crippen LogP contribution >= 0.6 is 0 Å². The van der Waals surface area contributed by atoms with Crippen LogP contribution in [0.15, 0.2) is 35.3 Å². The zero-order chi connectivity index (χ0) is 5.82. The lowest BCUT2D eigenvalue weighted by molar-refractivity contribution is 0.335. The van der Waals surface area contributed by atoms with Gasteiger partial charge in [-0.2, -0.15) is 0 Å². The van der Waals surface area contributed by atoms with Crippen molar-refractivity contribution in [2.75, 3.05) is 6.61 Å². The van der Waals surface area contributed by atoms with E-state index in [-0.39, 0.29) is 6.61 Å². The van der Waals surface area contributed by atoms with Gasteiger partial charge in [0, 0.05) is 5.57 Å². The van der Waals surface area contributed by atoms with E-state index in [1.54, 1.807) is 12.2 Å². The number of hydrogen-bond donors (Lipinski definition) is 1. The zero-order valence-corrected chi connectivity index (χ0v) is 4.39. The second-order valence-corrected chi connectivity index (χ2v) is 1.48. The largest absolute Gasteiger partial charge is 0.391 e. The summed E-state index contributed by atoms with van der Waals surface area (Å²) in [4.78, 5) is 0. The summed E-state index contributed by atoms with van der Waals surface area (Å²) in [5, 5.41) is 8.49. The SMILES string of the molecule is OCC1=C=C=CC=C1. The normalized spacial score (nSPS) is 14.4. The minimum absolute atomic E-state index is 0.0529. The highest BCUT2D eigenvalue weighted by Crippen LogP contribution is 1.94. The highest BCUT2D eigenvalue weighted by atomic mass is 16.3. The Morgan fingerprint density at radius 1 is 1.62 bits per heavy atom. The standard InChI is InChI=1S/C7H6O/c8-6-7-4-2-1-3-5-7/h1-2,4,8H,6H2. The average molecular weight is 106 g/mol. The fraction of sp³-hybridized carbons (Fsp3) is 0.143. The summed E-state index contributed by atoms with van der Waals surface area (Å²) in [7, 11) is 0. The van der Waals surface area contributed by atoms with Crippen LogP contribution in [-0.4, -0.2) is 11.7 Å². The van der Waals surface area contributed by atoms with Crippen molar-refractivity contribution < 1.29 is 5.11 Å². The molecule has 1 rings (SSSR count). The smallest absolute Gasteiger partial charge is 0.0760 e. The number of hydrogen-bond acceptors (Lipinski definition) is 1. The molecule has 1 nitrogen and oxygen atoms in total. The number of aliphatic hydroxyl groups is 1. The summed E-state index contributed by atoms with van der Waals surface area (Å²) >= 11 is 0. The lowest BCUT2D eigenvalue weighted by atomic mass is 10.2. The topological polar surface area (TPSA) is 20.2 Å². The maximum Gasteiger partial charge on any atom is 0.0760 e. The van der Waals surface area contributed by atoms with Crippen molar-refractivity contribution in [2.45, 2.75) is 0 Å². The van der Waals surface area contributed by atoms with Gasteiger partial charge in [0.25, 0.3) is 0 Å². The molecule has 0 bridgehead atoms. The molecule has 0 aliphatic heterocycles. The van der Waals surface area contributed by atoms with Gasteiger partial charge >= 0.3 is 0 Å². The number of rotatable bonds is 1. The highest BCUT2D eigenvalue weighted by Gasteiger charge is 1.84. The van der Waals surface area contributed by atoms with Gasteiger partial charge in [-0.3, -0.25) is 0 Å². The van der Waals surface area contributed by atoms with Crippen LogP contribution in [-0.2, 0) is 0 Å². The molecule has 0 unspecified atom stereocenters. The van der Waals surface area contributed by atoms with Gasteiger partial charge in [-0.15, -0.1) is 0 Å². The Balaban J connectivity index is 2.93. The lowest BCUT2D eigenvalue weighted by Gasteiger charge is -1.88. The molecule has 0 aromatic rings. The van der Waals surface area contributed by atoms with Crippen LogP contribution in [0, 0.1) is 0 Å². The van der Waals surface area contributed by atoms with Crippen molar-refractivity contribution >= 4 is 0 Å². The third-order valence-electron chi connectivity index (χ3n) is 0.880. The molecule has 1 N–H and O–H groups in total. The van der Waals surface area contributed by atoms with Gasteiger partial charge in [-0.25, -0.2) is 0 Å². The van der Waals surface area contributed by atoms with E-state index in [1.165, 1.54) is 0 Å².